The molecule has 2 unspecified atom stereocenters. The van der Waals surface area contributed by atoms with Crippen molar-refractivity contribution in [2.24, 2.45) is 5.92 Å². The topological polar surface area (TPSA) is 83.7 Å². The first kappa shape index (κ1) is 16.8. The zero-order valence-corrected chi connectivity index (χ0v) is 13.8. The van der Waals surface area contributed by atoms with E-state index >= 15 is 0 Å². The molecule has 1 aliphatic carbocycles. The minimum Gasteiger partial charge on any atom is -0.459 e. The maximum Gasteiger partial charge on any atom is 0.315 e. The maximum absolute atomic E-state index is 11.9. The van der Waals surface area contributed by atoms with Gasteiger partial charge < -0.3 is 24.9 Å². The average molecular weight is 332 g/mol. The smallest absolute Gasteiger partial charge is 0.315 e. The second kappa shape index (κ2) is 7.68. The summed E-state index contributed by atoms with van der Waals surface area (Å²) in [5.74, 6) is 1.36. The van der Waals surface area contributed by atoms with E-state index in [-0.39, 0.29) is 25.2 Å². The Labute approximate surface area is 141 Å². The maximum atomic E-state index is 11.9. The lowest BCUT2D eigenvalue weighted by molar-refractivity contribution is 0.0337. The first-order chi connectivity index (χ1) is 11.6. The van der Waals surface area contributed by atoms with E-state index in [4.69, 9.17) is 9.15 Å². The predicted octanol–water partition coefficient (Wildman–Crippen LogP) is 2.58. The third kappa shape index (κ3) is 4.72. The molecule has 1 saturated carbocycles. The molecule has 1 aromatic heterocycles. The van der Waals surface area contributed by atoms with E-state index in [0.717, 1.165) is 11.0 Å². The van der Waals surface area contributed by atoms with Crippen molar-refractivity contribution in [2.75, 3.05) is 19.8 Å². The van der Waals surface area contributed by atoms with Crippen molar-refractivity contribution >= 4 is 17.0 Å². The summed E-state index contributed by atoms with van der Waals surface area (Å²) in [6.07, 6.45) is 1.74. The number of para-hydroxylation sites is 1. The summed E-state index contributed by atoms with van der Waals surface area (Å²) < 4.78 is 11.1. The van der Waals surface area contributed by atoms with E-state index in [0.29, 0.717) is 18.3 Å². The van der Waals surface area contributed by atoms with Gasteiger partial charge in [-0.05, 0) is 37.8 Å². The van der Waals surface area contributed by atoms with Gasteiger partial charge in [0.1, 0.15) is 11.3 Å². The highest BCUT2D eigenvalue weighted by atomic mass is 16.5. The van der Waals surface area contributed by atoms with Crippen molar-refractivity contribution < 1.29 is 19.1 Å². The molecule has 24 heavy (non-hydrogen) atoms. The zero-order valence-electron chi connectivity index (χ0n) is 13.8. The molecule has 130 valence electrons. The van der Waals surface area contributed by atoms with Crippen molar-refractivity contribution in [3.63, 3.8) is 0 Å². The number of ether oxygens (including phenoxy) is 1. The summed E-state index contributed by atoms with van der Waals surface area (Å²) >= 11 is 0. The Morgan fingerprint density at radius 2 is 2.21 bits per heavy atom. The fourth-order valence-electron chi connectivity index (χ4n) is 2.46. The molecule has 1 fully saturated rings. The molecule has 1 heterocycles. The number of hydrogen-bond acceptors (Lipinski definition) is 4. The number of carbonyl (C=O) groups is 1. The van der Waals surface area contributed by atoms with Gasteiger partial charge in [0.05, 0.1) is 18.8 Å². The molecule has 1 aliphatic rings. The molecule has 2 aromatic rings. The Balaban J connectivity index is 1.40. The van der Waals surface area contributed by atoms with Gasteiger partial charge in [0.25, 0.3) is 0 Å². The van der Waals surface area contributed by atoms with E-state index in [1.54, 1.807) is 0 Å². The summed E-state index contributed by atoms with van der Waals surface area (Å²) in [6, 6.07) is 9.02. The van der Waals surface area contributed by atoms with Gasteiger partial charge in [0.2, 0.25) is 0 Å². The van der Waals surface area contributed by atoms with Gasteiger partial charge in [-0.3, -0.25) is 0 Å². The van der Waals surface area contributed by atoms with Crippen molar-refractivity contribution in [2.45, 2.75) is 31.9 Å². The number of aliphatic hydroxyl groups excluding tert-OH is 1. The van der Waals surface area contributed by atoms with E-state index in [9.17, 15) is 9.90 Å². The molecule has 0 aliphatic heterocycles. The minimum absolute atomic E-state index is 0.156. The molecule has 0 radical (unpaired) electrons. The number of furan rings is 1. The van der Waals surface area contributed by atoms with Crippen LogP contribution in [0.15, 0.2) is 34.7 Å². The summed E-state index contributed by atoms with van der Waals surface area (Å²) in [4.78, 5) is 11.9. The van der Waals surface area contributed by atoms with Crippen LogP contribution in [0.3, 0.4) is 0 Å². The fourth-order valence-corrected chi connectivity index (χ4v) is 2.46. The number of amides is 2. The van der Waals surface area contributed by atoms with Gasteiger partial charge in [-0.25, -0.2) is 4.79 Å². The van der Waals surface area contributed by atoms with Crippen LogP contribution in [0.5, 0.6) is 0 Å². The van der Waals surface area contributed by atoms with E-state index < -0.39 is 6.10 Å². The van der Waals surface area contributed by atoms with Crippen molar-refractivity contribution in [3.05, 3.63) is 36.1 Å². The molecule has 2 amide bonds. The Morgan fingerprint density at radius 1 is 1.42 bits per heavy atom. The molecule has 1 aromatic carbocycles. The lowest BCUT2D eigenvalue weighted by Crippen LogP contribution is -2.41. The molecule has 0 saturated heterocycles. The highest BCUT2D eigenvalue weighted by molar-refractivity contribution is 5.78. The highest BCUT2D eigenvalue weighted by Crippen LogP contribution is 2.28. The summed E-state index contributed by atoms with van der Waals surface area (Å²) in [6.45, 7) is 2.96. The van der Waals surface area contributed by atoms with Gasteiger partial charge in [-0.2, -0.15) is 0 Å². The molecule has 2 atom stereocenters. The quantitative estimate of drug-likeness (QED) is 0.694. The van der Waals surface area contributed by atoms with Gasteiger partial charge in [-0.1, -0.05) is 18.2 Å². The van der Waals surface area contributed by atoms with Crippen LogP contribution < -0.4 is 10.6 Å². The predicted molar refractivity (Wildman–Crippen MR) is 90.7 cm³/mol. The standard InChI is InChI=1S/C18H24N2O4/c1-12(17-8-14-4-2-3-5-16(14)24-17)20-18(22)19-9-15(21)11-23-10-13-6-7-13/h2-5,8,12-13,15,21H,6-7,9-11H2,1H3,(H2,19,20,22). The van der Waals surface area contributed by atoms with Crippen molar-refractivity contribution in [3.8, 4) is 0 Å². The number of carbonyl (C=O) groups excluding carboxylic acids is 1. The SMILES string of the molecule is CC(NC(=O)NCC(O)COCC1CC1)c1cc2ccccc2o1. The molecule has 0 bridgehead atoms. The van der Waals surface area contributed by atoms with Gasteiger partial charge in [0.15, 0.2) is 0 Å². The highest BCUT2D eigenvalue weighted by Gasteiger charge is 2.21. The summed E-state index contributed by atoms with van der Waals surface area (Å²) in [5, 5.41) is 16.2. The monoisotopic (exact) mass is 332 g/mol. The van der Waals surface area contributed by atoms with Crippen molar-refractivity contribution in [1.82, 2.24) is 10.6 Å². The molecule has 3 rings (SSSR count). The number of rotatable bonds is 8. The van der Waals surface area contributed by atoms with E-state index in [1.165, 1.54) is 12.8 Å². The molecule has 6 heteroatoms. The van der Waals surface area contributed by atoms with Crippen molar-refractivity contribution in [1.29, 1.82) is 0 Å². The van der Waals surface area contributed by atoms with Crippen LogP contribution in [0.2, 0.25) is 0 Å². The third-order valence-electron chi connectivity index (χ3n) is 4.08. The first-order valence-electron chi connectivity index (χ1n) is 8.40. The molecular formula is C18H24N2O4. The zero-order chi connectivity index (χ0) is 16.9. The van der Waals surface area contributed by atoms with Crippen LogP contribution in [0.1, 0.15) is 31.6 Å². The number of urea groups is 1. The van der Waals surface area contributed by atoms with Crippen LogP contribution in [0.4, 0.5) is 4.79 Å². The second-order valence-corrected chi connectivity index (χ2v) is 6.40. The summed E-state index contributed by atoms with van der Waals surface area (Å²) in [5.41, 5.74) is 0.796. The number of nitrogens with one attached hydrogen (secondary N) is 2. The average Bonchev–Trinajstić information content (AvgIpc) is 3.28. The fraction of sp³-hybridized carbons (Fsp3) is 0.500. The van der Waals surface area contributed by atoms with Crippen LogP contribution in [-0.4, -0.2) is 37.0 Å². The normalized spacial score (nSPS) is 16.8. The lowest BCUT2D eigenvalue weighted by Gasteiger charge is -2.15. The molecule has 3 N–H and O–H groups in total. The van der Waals surface area contributed by atoms with Gasteiger partial charge in [0, 0.05) is 18.5 Å². The Morgan fingerprint density at radius 3 is 2.96 bits per heavy atom. The van der Waals surface area contributed by atoms with Gasteiger partial charge >= 0.3 is 6.03 Å². The number of fused-ring (bicyclic) bond motifs is 1. The number of aliphatic hydroxyl groups is 1. The molecule has 6 nitrogen and oxygen atoms in total. The van der Waals surface area contributed by atoms with Crippen LogP contribution >= 0.6 is 0 Å². The number of hydrogen-bond donors (Lipinski definition) is 3. The van der Waals surface area contributed by atoms with E-state index in [2.05, 4.69) is 10.6 Å². The minimum atomic E-state index is -0.698. The van der Waals surface area contributed by atoms with Crippen LogP contribution in [0, 0.1) is 5.92 Å². The Kier molecular flexibility index (Phi) is 5.37. The Bertz CT molecular complexity index is 647. The lowest BCUT2D eigenvalue weighted by atomic mass is 10.2. The van der Waals surface area contributed by atoms with E-state index in [1.807, 2.05) is 37.3 Å². The number of benzene rings is 1. The second-order valence-electron chi connectivity index (χ2n) is 6.40. The molecular weight excluding hydrogens is 308 g/mol. The largest absolute Gasteiger partial charge is 0.459 e. The first-order valence-corrected chi connectivity index (χ1v) is 8.40. The van der Waals surface area contributed by atoms with Crippen LogP contribution in [0.25, 0.3) is 11.0 Å². The van der Waals surface area contributed by atoms with Crippen LogP contribution in [-0.2, 0) is 4.74 Å². The van der Waals surface area contributed by atoms with Gasteiger partial charge in [-0.15, -0.1) is 0 Å². The third-order valence-corrected chi connectivity index (χ3v) is 4.08. The summed E-state index contributed by atoms with van der Waals surface area (Å²) in [7, 11) is 0. The molecule has 0 spiro atoms. The Hall–Kier alpha value is -2.05.